The molecule has 18 heavy (non-hydrogen) atoms. The lowest BCUT2D eigenvalue weighted by molar-refractivity contribution is 0.303. The monoisotopic (exact) mass is 266 g/mol. The summed E-state index contributed by atoms with van der Waals surface area (Å²) in [6.07, 6.45) is 0. The first kappa shape index (κ1) is 12.7. The summed E-state index contributed by atoms with van der Waals surface area (Å²) < 4.78 is 23.5. The first-order valence-electron chi connectivity index (χ1n) is 5.40. The molecule has 0 aliphatic rings. The maximum Gasteiger partial charge on any atom is 0.124 e. The third-order valence-electron chi connectivity index (χ3n) is 2.45. The topological polar surface area (TPSA) is 18.5 Å². The highest BCUT2D eigenvalue weighted by Crippen LogP contribution is 2.22. The molecule has 2 nitrogen and oxygen atoms in total. The maximum atomic E-state index is 12.9. The molecular weight excluding hydrogens is 255 g/mol. The van der Waals surface area contributed by atoms with Crippen molar-refractivity contribution in [2.24, 2.45) is 0 Å². The Kier molecular flexibility index (Phi) is 4.05. The zero-order valence-electron chi connectivity index (χ0n) is 9.82. The molecule has 2 aromatic carbocycles. The van der Waals surface area contributed by atoms with Gasteiger partial charge in [0, 0.05) is 11.6 Å². The quantitative estimate of drug-likeness (QED) is 0.831. The molecule has 0 bridgehead atoms. The number of halogens is 2. The summed E-state index contributed by atoms with van der Waals surface area (Å²) in [5.41, 5.74) is 0.737. The second kappa shape index (κ2) is 5.74. The van der Waals surface area contributed by atoms with Gasteiger partial charge in [0.05, 0.1) is 12.1 Å². The van der Waals surface area contributed by atoms with Gasteiger partial charge >= 0.3 is 0 Å². The van der Waals surface area contributed by atoms with E-state index in [1.807, 2.05) is 18.2 Å². The fraction of sp³-hybridized carbons (Fsp3) is 0.143. The van der Waals surface area contributed by atoms with Crippen LogP contribution in [0.3, 0.4) is 0 Å². The molecule has 0 unspecified atom stereocenters. The van der Waals surface area contributed by atoms with E-state index in [2.05, 4.69) is 0 Å². The lowest BCUT2D eigenvalue weighted by Gasteiger charge is -2.09. The average molecular weight is 267 g/mol. The molecule has 0 saturated heterocycles. The van der Waals surface area contributed by atoms with Gasteiger partial charge in [-0.25, -0.2) is 4.39 Å². The minimum absolute atomic E-state index is 0.284. The Morgan fingerprint density at radius 2 is 1.89 bits per heavy atom. The van der Waals surface area contributed by atoms with Crippen molar-refractivity contribution in [1.82, 2.24) is 0 Å². The van der Waals surface area contributed by atoms with Gasteiger partial charge in [0.1, 0.15) is 23.9 Å². The summed E-state index contributed by atoms with van der Waals surface area (Å²) in [6.45, 7) is 0.284. The van der Waals surface area contributed by atoms with Gasteiger partial charge in [-0.3, -0.25) is 0 Å². The molecular formula is C14H12ClFO2. The van der Waals surface area contributed by atoms with Gasteiger partial charge in [-0.2, -0.15) is 0 Å². The first-order valence-corrected chi connectivity index (χ1v) is 5.77. The predicted octanol–water partition coefficient (Wildman–Crippen LogP) is 4.07. The Hall–Kier alpha value is -1.74. The molecule has 0 radical (unpaired) electrons. The van der Waals surface area contributed by atoms with E-state index in [1.165, 1.54) is 12.1 Å². The number of hydrogen-bond acceptors (Lipinski definition) is 2. The van der Waals surface area contributed by atoms with Gasteiger partial charge < -0.3 is 9.47 Å². The van der Waals surface area contributed by atoms with Crippen LogP contribution in [0.4, 0.5) is 4.39 Å². The molecule has 0 aromatic heterocycles. The van der Waals surface area contributed by atoms with Gasteiger partial charge in [0.15, 0.2) is 0 Å². The smallest absolute Gasteiger partial charge is 0.124 e. The third kappa shape index (κ3) is 3.14. The van der Waals surface area contributed by atoms with E-state index in [0.717, 1.165) is 11.3 Å². The Morgan fingerprint density at radius 3 is 2.61 bits per heavy atom. The third-order valence-corrected chi connectivity index (χ3v) is 2.80. The molecule has 0 saturated carbocycles. The molecule has 4 heteroatoms. The Morgan fingerprint density at radius 1 is 1.11 bits per heavy atom. The van der Waals surface area contributed by atoms with Crippen molar-refractivity contribution in [3.05, 3.63) is 58.9 Å². The number of benzene rings is 2. The van der Waals surface area contributed by atoms with E-state index < -0.39 is 0 Å². The van der Waals surface area contributed by atoms with Gasteiger partial charge in [-0.1, -0.05) is 23.7 Å². The number of ether oxygens (including phenoxy) is 2. The lowest BCUT2D eigenvalue weighted by atomic mass is 10.2. The normalized spacial score (nSPS) is 10.2. The molecule has 0 amide bonds. The Labute approximate surface area is 110 Å². The van der Waals surface area contributed by atoms with Gasteiger partial charge in [0.2, 0.25) is 0 Å². The van der Waals surface area contributed by atoms with Crippen LogP contribution in [0, 0.1) is 5.82 Å². The van der Waals surface area contributed by atoms with Crippen molar-refractivity contribution in [2.45, 2.75) is 6.61 Å². The summed E-state index contributed by atoms with van der Waals surface area (Å²) in [6, 6.07) is 11.5. The first-order chi connectivity index (χ1) is 8.69. The van der Waals surface area contributed by atoms with Crippen LogP contribution in [0.15, 0.2) is 42.5 Å². The number of hydrogen-bond donors (Lipinski definition) is 0. The molecule has 2 rings (SSSR count). The molecule has 2 aromatic rings. The van der Waals surface area contributed by atoms with Crippen molar-refractivity contribution in [3.63, 3.8) is 0 Å². The minimum Gasteiger partial charge on any atom is -0.497 e. The fourth-order valence-corrected chi connectivity index (χ4v) is 1.71. The van der Waals surface area contributed by atoms with E-state index >= 15 is 0 Å². The molecule has 0 heterocycles. The molecule has 0 N–H and O–H groups in total. The van der Waals surface area contributed by atoms with Gasteiger partial charge in [-0.05, 0) is 24.3 Å². The average Bonchev–Trinajstić information content (AvgIpc) is 2.38. The Bertz CT molecular complexity index is 543. The molecule has 0 atom stereocenters. The Balaban J connectivity index is 2.06. The SMILES string of the molecule is COc1cccc(OCc2ccc(F)cc2Cl)c1. The molecule has 0 fully saturated rings. The summed E-state index contributed by atoms with van der Waals surface area (Å²) >= 11 is 5.91. The summed E-state index contributed by atoms with van der Waals surface area (Å²) in [4.78, 5) is 0. The van der Waals surface area contributed by atoms with Crippen molar-refractivity contribution in [3.8, 4) is 11.5 Å². The molecule has 94 valence electrons. The van der Waals surface area contributed by atoms with Crippen molar-refractivity contribution < 1.29 is 13.9 Å². The molecule has 0 aliphatic heterocycles. The fourth-order valence-electron chi connectivity index (χ4n) is 1.49. The van der Waals surface area contributed by atoms with Crippen LogP contribution in [0.2, 0.25) is 5.02 Å². The van der Waals surface area contributed by atoms with Crippen molar-refractivity contribution >= 4 is 11.6 Å². The number of methoxy groups -OCH3 is 1. The predicted molar refractivity (Wildman–Crippen MR) is 68.7 cm³/mol. The van der Waals surface area contributed by atoms with E-state index in [0.29, 0.717) is 10.8 Å². The van der Waals surface area contributed by atoms with Crippen molar-refractivity contribution in [1.29, 1.82) is 0 Å². The standard InChI is InChI=1S/C14H12ClFO2/c1-17-12-3-2-4-13(8-12)18-9-10-5-6-11(16)7-14(10)15/h2-8H,9H2,1H3. The van der Waals surface area contributed by atoms with Crippen LogP contribution >= 0.6 is 11.6 Å². The van der Waals surface area contributed by atoms with Gasteiger partial charge in [0.25, 0.3) is 0 Å². The van der Waals surface area contributed by atoms with Gasteiger partial charge in [-0.15, -0.1) is 0 Å². The molecule has 0 aliphatic carbocycles. The highest BCUT2D eigenvalue weighted by molar-refractivity contribution is 6.31. The van der Waals surface area contributed by atoms with E-state index in [9.17, 15) is 4.39 Å². The van der Waals surface area contributed by atoms with Crippen LogP contribution < -0.4 is 9.47 Å². The van der Waals surface area contributed by atoms with E-state index in [4.69, 9.17) is 21.1 Å². The summed E-state index contributed by atoms with van der Waals surface area (Å²) in [5, 5.41) is 0.359. The van der Waals surface area contributed by atoms with Crippen LogP contribution in [-0.4, -0.2) is 7.11 Å². The summed E-state index contributed by atoms with van der Waals surface area (Å²) in [5.74, 6) is 1.04. The van der Waals surface area contributed by atoms with Crippen LogP contribution in [0.5, 0.6) is 11.5 Å². The number of rotatable bonds is 4. The largest absolute Gasteiger partial charge is 0.497 e. The van der Waals surface area contributed by atoms with Crippen LogP contribution in [0.25, 0.3) is 0 Å². The van der Waals surface area contributed by atoms with Crippen LogP contribution in [0.1, 0.15) is 5.56 Å². The maximum absolute atomic E-state index is 12.9. The highest BCUT2D eigenvalue weighted by Gasteiger charge is 2.03. The molecule has 0 spiro atoms. The minimum atomic E-state index is -0.356. The second-order valence-electron chi connectivity index (χ2n) is 3.70. The van der Waals surface area contributed by atoms with E-state index in [1.54, 1.807) is 19.2 Å². The second-order valence-corrected chi connectivity index (χ2v) is 4.11. The lowest BCUT2D eigenvalue weighted by Crippen LogP contribution is -1.97. The van der Waals surface area contributed by atoms with E-state index in [-0.39, 0.29) is 12.4 Å². The van der Waals surface area contributed by atoms with Crippen LogP contribution in [-0.2, 0) is 6.61 Å². The zero-order valence-corrected chi connectivity index (χ0v) is 10.6. The van der Waals surface area contributed by atoms with Crippen molar-refractivity contribution in [2.75, 3.05) is 7.11 Å². The zero-order chi connectivity index (χ0) is 13.0. The highest BCUT2D eigenvalue weighted by atomic mass is 35.5. The summed E-state index contributed by atoms with van der Waals surface area (Å²) in [7, 11) is 1.59.